The minimum absolute atomic E-state index is 0.620. The zero-order valence-corrected chi connectivity index (χ0v) is 13.4. The van der Waals surface area contributed by atoms with Gasteiger partial charge in [0.2, 0.25) is 0 Å². The molecule has 0 unspecified atom stereocenters. The van der Waals surface area contributed by atoms with Gasteiger partial charge in [-0.05, 0) is 72.4 Å². The van der Waals surface area contributed by atoms with Crippen LogP contribution in [0, 0.1) is 27.7 Å². The molecule has 2 aromatic rings. The molecule has 3 nitrogen and oxygen atoms in total. The predicted octanol–water partition coefficient (Wildman–Crippen LogP) is 4.15. The Bertz CT molecular complexity index is 618. The van der Waals surface area contributed by atoms with Crippen LogP contribution >= 0.6 is 15.9 Å². The lowest BCUT2D eigenvalue weighted by Gasteiger charge is -2.16. The number of ether oxygens (including phenoxy) is 1. The summed E-state index contributed by atoms with van der Waals surface area (Å²) >= 11 is 3.36. The van der Waals surface area contributed by atoms with Gasteiger partial charge in [-0.25, -0.2) is 9.97 Å². The standard InChI is InChI=1S/C15H17BrN2O/c1-8-6-13(19-5)10(3)11(4)14(8)12-7-9(2)17-15(16)18-12/h6-7H,1-5H3. The van der Waals surface area contributed by atoms with Crippen LogP contribution in [0.2, 0.25) is 0 Å². The van der Waals surface area contributed by atoms with Crippen molar-refractivity contribution in [2.24, 2.45) is 0 Å². The number of aryl methyl sites for hydroxylation is 2. The first-order chi connectivity index (χ1) is 8.93. The molecule has 0 spiro atoms. The van der Waals surface area contributed by atoms with Gasteiger partial charge < -0.3 is 4.74 Å². The molecule has 100 valence electrons. The monoisotopic (exact) mass is 320 g/mol. The Balaban J connectivity index is 2.72. The Hall–Kier alpha value is -1.42. The van der Waals surface area contributed by atoms with Crippen LogP contribution < -0.4 is 4.74 Å². The van der Waals surface area contributed by atoms with E-state index in [1.54, 1.807) is 7.11 Å². The number of nitrogens with zero attached hydrogens (tertiary/aromatic N) is 2. The van der Waals surface area contributed by atoms with E-state index in [1.807, 2.05) is 13.0 Å². The molecule has 0 aliphatic rings. The molecule has 0 saturated carbocycles. The Morgan fingerprint density at radius 2 is 1.68 bits per heavy atom. The summed E-state index contributed by atoms with van der Waals surface area (Å²) in [6.45, 7) is 8.22. The van der Waals surface area contributed by atoms with Crippen molar-refractivity contribution >= 4 is 15.9 Å². The SMILES string of the molecule is COc1cc(C)c(-c2cc(C)nc(Br)n2)c(C)c1C. The van der Waals surface area contributed by atoms with Crippen LogP contribution in [-0.2, 0) is 0 Å². The van der Waals surface area contributed by atoms with Crippen molar-refractivity contribution < 1.29 is 4.74 Å². The molecule has 0 amide bonds. The summed E-state index contributed by atoms with van der Waals surface area (Å²) in [6, 6.07) is 4.06. The molecule has 1 aromatic carbocycles. The van der Waals surface area contributed by atoms with Gasteiger partial charge >= 0.3 is 0 Å². The number of halogens is 1. The number of aromatic nitrogens is 2. The molecule has 1 aromatic heterocycles. The van der Waals surface area contributed by atoms with E-state index >= 15 is 0 Å². The number of hydrogen-bond acceptors (Lipinski definition) is 3. The fourth-order valence-electron chi connectivity index (χ4n) is 2.31. The van der Waals surface area contributed by atoms with Crippen molar-refractivity contribution in [1.29, 1.82) is 0 Å². The molecule has 0 radical (unpaired) electrons. The average molecular weight is 321 g/mol. The van der Waals surface area contributed by atoms with Crippen molar-refractivity contribution in [2.75, 3.05) is 7.11 Å². The molecule has 0 saturated heterocycles. The smallest absolute Gasteiger partial charge is 0.197 e. The van der Waals surface area contributed by atoms with Crippen molar-refractivity contribution in [3.8, 4) is 17.0 Å². The van der Waals surface area contributed by atoms with E-state index in [4.69, 9.17) is 4.74 Å². The van der Waals surface area contributed by atoms with Gasteiger partial charge in [0, 0.05) is 11.3 Å². The third-order valence-electron chi connectivity index (χ3n) is 3.35. The minimum atomic E-state index is 0.620. The van der Waals surface area contributed by atoms with Crippen LogP contribution in [0.5, 0.6) is 5.75 Å². The third-order valence-corrected chi connectivity index (χ3v) is 3.71. The number of benzene rings is 1. The van der Waals surface area contributed by atoms with E-state index in [2.05, 4.69) is 52.7 Å². The van der Waals surface area contributed by atoms with E-state index in [0.29, 0.717) is 4.73 Å². The Labute approximate surface area is 122 Å². The maximum atomic E-state index is 5.40. The molecule has 0 aliphatic carbocycles. The zero-order valence-electron chi connectivity index (χ0n) is 11.8. The number of rotatable bonds is 2. The van der Waals surface area contributed by atoms with Gasteiger partial charge in [0.25, 0.3) is 0 Å². The van der Waals surface area contributed by atoms with Gasteiger partial charge in [-0.2, -0.15) is 0 Å². The molecule has 0 bridgehead atoms. The second-order valence-electron chi connectivity index (χ2n) is 4.68. The van der Waals surface area contributed by atoms with Crippen LogP contribution in [0.3, 0.4) is 0 Å². The highest BCUT2D eigenvalue weighted by atomic mass is 79.9. The van der Waals surface area contributed by atoms with Crippen LogP contribution in [0.15, 0.2) is 16.9 Å². The lowest BCUT2D eigenvalue weighted by atomic mass is 9.95. The van der Waals surface area contributed by atoms with Crippen molar-refractivity contribution in [3.63, 3.8) is 0 Å². The molecular weight excluding hydrogens is 304 g/mol. The van der Waals surface area contributed by atoms with Crippen LogP contribution in [-0.4, -0.2) is 17.1 Å². The van der Waals surface area contributed by atoms with E-state index in [0.717, 1.165) is 33.8 Å². The molecule has 2 rings (SSSR count). The normalized spacial score (nSPS) is 10.6. The van der Waals surface area contributed by atoms with Gasteiger partial charge in [-0.1, -0.05) is 0 Å². The van der Waals surface area contributed by atoms with Crippen LogP contribution in [0.25, 0.3) is 11.3 Å². The first-order valence-electron chi connectivity index (χ1n) is 6.10. The molecule has 4 heteroatoms. The minimum Gasteiger partial charge on any atom is -0.496 e. The molecule has 1 heterocycles. The lowest BCUT2D eigenvalue weighted by Crippen LogP contribution is -1.99. The lowest BCUT2D eigenvalue weighted by molar-refractivity contribution is 0.411. The summed E-state index contributed by atoms with van der Waals surface area (Å²) in [5, 5.41) is 0. The fourth-order valence-corrected chi connectivity index (χ4v) is 2.78. The van der Waals surface area contributed by atoms with Gasteiger partial charge in [0.1, 0.15) is 5.75 Å². The molecule has 0 aliphatic heterocycles. The molecule has 0 fully saturated rings. The summed E-state index contributed by atoms with van der Waals surface area (Å²) in [5.41, 5.74) is 6.55. The quantitative estimate of drug-likeness (QED) is 0.780. The highest BCUT2D eigenvalue weighted by Crippen LogP contribution is 2.34. The van der Waals surface area contributed by atoms with E-state index in [9.17, 15) is 0 Å². The topological polar surface area (TPSA) is 35.0 Å². The summed E-state index contributed by atoms with van der Waals surface area (Å²) in [6.07, 6.45) is 0. The summed E-state index contributed by atoms with van der Waals surface area (Å²) < 4.78 is 6.02. The van der Waals surface area contributed by atoms with Crippen molar-refractivity contribution in [1.82, 2.24) is 9.97 Å². The van der Waals surface area contributed by atoms with Gasteiger partial charge in [-0.15, -0.1) is 0 Å². The maximum Gasteiger partial charge on any atom is 0.197 e. The van der Waals surface area contributed by atoms with E-state index in [-0.39, 0.29) is 0 Å². The highest BCUT2D eigenvalue weighted by molar-refractivity contribution is 9.10. The zero-order chi connectivity index (χ0) is 14.2. The first-order valence-corrected chi connectivity index (χ1v) is 6.89. The van der Waals surface area contributed by atoms with Crippen LogP contribution in [0.1, 0.15) is 22.4 Å². The molecule has 0 N–H and O–H groups in total. The summed E-state index contributed by atoms with van der Waals surface area (Å²) in [4.78, 5) is 8.74. The van der Waals surface area contributed by atoms with Crippen molar-refractivity contribution in [3.05, 3.63) is 39.3 Å². The third kappa shape index (κ3) is 2.63. The predicted molar refractivity (Wildman–Crippen MR) is 80.7 cm³/mol. The van der Waals surface area contributed by atoms with Crippen molar-refractivity contribution in [2.45, 2.75) is 27.7 Å². The second-order valence-corrected chi connectivity index (χ2v) is 5.39. The molecular formula is C15H17BrN2O. The largest absolute Gasteiger partial charge is 0.496 e. The highest BCUT2D eigenvalue weighted by Gasteiger charge is 2.14. The van der Waals surface area contributed by atoms with Gasteiger partial charge in [0.05, 0.1) is 12.8 Å². The number of hydrogen-bond donors (Lipinski definition) is 0. The summed E-state index contributed by atoms with van der Waals surface area (Å²) in [5.74, 6) is 0.920. The maximum absolute atomic E-state index is 5.40. The molecule has 0 atom stereocenters. The van der Waals surface area contributed by atoms with E-state index < -0.39 is 0 Å². The second kappa shape index (κ2) is 5.29. The van der Waals surface area contributed by atoms with E-state index in [1.165, 1.54) is 5.56 Å². The average Bonchev–Trinajstić information content (AvgIpc) is 2.32. The fraction of sp³-hybridized carbons (Fsp3) is 0.333. The van der Waals surface area contributed by atoms with Gasteiger partial charge in [-0.3, -0.25) is 0 Å². The first kappa shape index (κ1) is 14.0. The van der Waals surface area contributed by atoms with Crippen LogP contribution in [0.4, 0.5) is 0 Å². The number of methoxy groups -OCH3 is 1. The Morgan fingerprint density at radius 1 is 1.00 bits per heavy atom. The Kier molecular flexibility index (Phi) is 3.90. The summed E-state index contributed by atoms with van der Waals surface area (Å²) in [7, 11) is 1.70. The van der Waals surface area contributed by atoms with Gasteiger partial charge in [0.15, 0.2) is 4.73 Å². The Morgan fingerprint density at radius 3 is 2.26 bits per heavy atom. The molecule has 19 heavy (non-hydrogen) atoms.